The number of hydrogen-bond acceptors (Lipinski definition) is 4. The van der Waals surface area contributed by atoms with Crippen molar-refractivity contribution in [3.63, 3.8) is 0 Å². The van der Waals surface area contributed by atoms with Crippen molar-refractivity contribution in [1.29, 1.82) is 0 Å². The van der Waals surface area contributed by atoms with E-state index in [2.05, 4.69) is 0 Å². The second-order valence-electron chi connectivity index (χ2n) is 4.96. The zero-order valence-electron chi connectivity index (χ0n) is 11.3. The number of halogens is 1. The summed E-state index contributed by atoms with van der Waals surface area (Å²) in [4.78, 5) is 2.03. The van der Waals surface area contributed by atoms with Gasteiger partial charge in [0.05, 0.1) is 25.4 Å². The van der Waals surface area contributed by atoms with Crippen LogP contribution < -0.4 is 4.90 Å². The van der Waals surface area contributed by atoms with Crippen LogP contribution in [0.3, 0.4) is 0 Å². The number of nitrogens with zero attached hydrogens (tertiary/aromatic N) is 1. The van der Waals surface area contributed by atoms with Crippen LogP contribution in [0.15, 0.2) is 12.1 Å². The van der Waals surface area contributed by atoms with Crippen molar-refractivity contribution in [3.8, 4) is 0 Å². The van der Waals surface area contributed by atoms with Crippen molar-refractivity contribution in [2.75, 3.05) is 31.2 Å². The van der Waals surface area contributed by atoms with Gasteiger partial charge < -0.3 is 19.8 Å². The van der Waals surface area contributed by atoms with Gasteiger partial charge in [-0.2, -0.15) is 0 Å². The van der Waals surface area contributed by atoms with E-state index >= 15 is 0 Å². The molecule has 1 aliphatic heterocycles. The highest BCUT2D eigenvalue weighted by Gasteiger charge is 2.23. The number of ether oxygens (including phenoxy) is 1. The van der Waals surface area contributed by atoms with Gasteiger partial charge in [0.1, 0.15) is 5.82 Å². The largest absolute Gasteiger partial charge is 0.394 e. The van der Waals surface area contributed by atoms with E-state index in [1.807, 2.05) is 4.90 Å². The summed E-state index contributed by atoms with van der Waals surface area (Å²) in [6.07, 6.45) is -0.971. The van der Waals surface area contributed by atoms with Gasteiger partial charge >= 0.3 is 0 Å². The number of hydrogen-bond donors (Lipinski definition) is 2. The zero-order chi connectivity index (χ0) is 14.0. The molecule has 2 N–H and O–H groups in total. The molecule has 106 valence electrons. The molecule has 5 heteroatoms. The molecule has 0 saturated carbocycles. The Hall–Kier alpha value is -1.17. The van der Waals surface area contributed by atoms with Crippen molar-refractivity contribution >= 4 is 5.69 Å². The Morgan fingerprint density at radius 3 is 2.89 bits per heavy atom. The first-order chi connectivity index (χ1) is 9.02. The van der Waals surface area contributed by atoms with Gasteiger partial charge in [-0.1, -0.05) is 0 Å². The normalized spacial score (nSPS) is 21.5. The summed E-state index contributed by atoms with van der Waals surface area (Å²) in [5, 5.41) is 19.0. The monoisotopic (exact) mass is 269 g/mol. The quantitative estimate of drug-likeness (QED) is 0.870. The van der Waals surface area contributed by atoms with Crippen LogP contribution in [0.25, 0.3) is 0 Å². The molecule has 4 nitrogen and oxygen atoms in total. The Balaban J connectivity index is 2.34. The Kier molecular flexibility index (Phi) is 4.39. The average molecular weight is 269 g/mol. The Morgan fingerprint density at radius 1 is 1.53 bits per heavy atom. The standard InChI is InChI=1S/C14H20FNO3/c1-9-5-14(12(10(2)18)6-13(9)15)16-3-4-19-11(7-16)8-17/h5-6,10-11,17-18H,3-4,7-8H2,1-2H3/t10-,11?/m0/s1. The minimum Gasteiger partial charge on any atom is -0.394 e. The summed E-state index contributed by atoms with van der Waals surface area (Å²) in [5.41, 5.74) is 1.93. The maximum absolute atomic E-state index is 13.6. The molecule has 2 rings (SSSR count). The van der Waals surface area contributed by atoms with Crippen LogP contribution >= 0.6 is 0 Å². The topological polar surface area (TPSA) is 52.9 Å². The maximum atomic E-state index is 13.6. The van der Waals surface area contributed by atoms with Crippen molar-refractivity contribution in [3.05, 3.63) is 29.1 Å². The number of morpholine rings is 1. The van der Waals surface area contributed by atoms with Gasteiger partial charge in [0.25, 0.3) is 0 Å². The first-order valence-electron chi connectivity index (χ1n) is 6.48. The predicted octanol–water partition coefficient (Wildman–Crippen LogP) is 1.38. The Morgan fingerprint density at radius 2 is 2.26 bits per heavy atom. The minimum absolute atomic E-state index is 0.0410. The zero-order valence-corrected chi connectivity index (χ0v) is 11.3. The highest BCUT2D eigenvalue weighted by atomic mass is 19.1. The van der Waals surface area contributed by atoms with Crippen molar-refractivity contribution < 1.29 is 19.3 Å². The minimum atomic E-state index is -0.736. The molecule has 1 aromatic rings. The maximum Gasteiger partial charge on any atom is 0.126 e. The van der Waals surface area contributed by atoms with Crippen LogP contribution in [0.2, 0.25) is 0 Å². The van der Waals surface area contributed by atoms with Crippen LogP contribution in [-0.2, 0) is 4.74 Å². The van der Waals surface area contributed by atoms with Crippen molar-refractivity contribution in [2.24, 2.45) is 0 Å². The highest BCUT2D eigenvalue weighted by molar-refractivity contribution is 5.57. The Labute approximate surface area is 112 Å². The number of anilines is 1. The molecule has 1 aromatic carbocycles. The molecular formula is C14H20FNO3. The number of benzene rings is 1. The molecule has 1 heterocycles. The summed E-state index contributed by atoms with van der Waals surface area (Å²) < 4.78 is 19.0. The van der Waals surface area contributed by atoms with Gasteiger partial charge in [-0.3, -0.25) is 0 Å². The molecule has 0 amide bonds. The van der Waals surface area contributed by atoms with Crippen LogP contribution in [0.5, 0.6) is 0 Å². The van der Waals surface area contributed by atoms with Crippen molar-refractivity contribution in [1.82, 2.24) is 0 Å². The third-order valence-corrected chi connectivity index (χ3v) is 3.44. The van der Waals surface area contributed by atoms with E-state index in [0.717, 1.165) is 5.69 Å². The van der Waals surface area contributed by atoms with Crippen LogP contribution in [0.4, 0.5) is 10.1 Å². The van der Waals surface area contributed by atoms with Crippen LogP contribution in [0.1, 0.15) is 24.2 Å². The third-order valence-electron chi connectivity index (χ3n) is 3.44. The second kappa shape index (κ2) is 5.86. The third kappa shape index (κ3) is 3.05. The number of aliphatic hydroxyl groups excluding tert-OH is 2. The van der Waals surface area contributed by atoms with E-state index in [-0.39, 0.29) is 18.5 Å². The summed E-state index contributed by atoms with van der Waals surface area (Å²) in [5.74, 6) is -0.313. The molecule has 0 aliphatic carbocycles. The molecule has 1 fully saturated rings. The molecule has 0 bridgehead atoms. The Bertz CT molecular complexity index is 451. The SMILES string of the molecule is Cc1cc(N2CCOC(CO)C2)c([C@H](C)O)cc1F. The fourth-order valence-corrected chi connectivity index (χ4v) is 2.34. The number of aryl methyl sites for hydroxylation is 1. The molecule has 1 unspecified atom stereocenters. The highest BCUT2D eigenvalue weighted by Crippen LogP contribution is 2.30. The summed E-state index contributed by atoms with van der Waals surface area (Å²) >= 11 is 0. The number of aliphatic hydroxyl groups is 2. The predicted molar refractivity (Wildman–Crippen MR) is 70.8 cm³/mol. The molecule has 0 aromatic heterocycles. The fourth-order valence-electron chi connectivity index (χ4n) is 2.34. The van der Waals surface area contributed by atoms with Gasteiger partial charge in [-0.25, -0.2) is 4.39 Å². The fraction of sp³-hybridized carbons (Fsp3) is 0.571. The first-order valence-corrected chi connectivity index (χ1v) is 6.48. The summed E-state index contributed by atoms with van der Waals surface area (Å²) in [7, 11) is 0. The van der Waals surface area contributed by atoms with Crippen molar-refractivity contribution in [2.45, 2.75) is 26.1 Å². The van der Waals surface area contributed by atoms with Crippen LogP contribution in [0, 0.1) is 12.7 Å². The molecule has 2 atom stereocenters. The van der Waals surface area contributed by atoms with Gasteiger partial charge in [0, 0.05) is 24.3 Å². The van der Waals surface area contributed by atoms with E-state index in [1.165, 1.54) is 6.07 Å². The van der Waals surface area contributed by atoms with Gasteiger partial charge in [-0.05, 0) is 31.5 Å². The summed E-state index contributed by atoms with van der Waals surface area (Å²) in [6.45, 7) is 5.01. The molecule has 0 spiro atoms. The van der Waals surface area contributed by atoms with E-state index < -0.39 is 6.10 Å². The molecule has 19 heavy (non-hydrogen) atoms. The van der Waals surface area contributed by atoms with Gasteiger partial charge in [-0.15, -0.1) is 0 Å². The van der Waals surface area contributed by atoms with E-state index in [1.54, 1.807) is 19.9 Å². The molecule has 1 saturated heterocycles. The van der Waals surface area contributed by atoms with Gasteiger partial charge in [0.2, 0.25) is 0 Å². The number of rotatable bonds is 3. The smallest absolute Gasteiger partial charge is 0.126 e. The lowest BCUT2D eigenvalue weighted by atomic mass is 10.0. The molecule has 1 aliphatic rings. The molecular weight excluding hydrogens is 249 g/mol. The molecule has 0 radical (unpaired) electrons. The van der Waals surface area contributed by atoms with Crippen LogP contribution in [-0.4, -0.2) is 42.6 Å². The lowest BCUT2D eigenvalue weighted by Crippen LogP contribution is -2.44. The summed E-state index contributed by atoms with van der Waals surface area (Å²) in [6, 6.07) is 3.13. The van der Waals surface area contributed by atoms with E-state index in [4.69, 9.17) is 4.74 Å². The van der Waals surface area contributed by atoms with E-state index in [9.17, 15) is 14.6 Å². The van der Waals surface area contributed by atoms with E-state index in [0.29, 0.717) is 30.8 Å². The first kappa shape index (κ1) is 14.2. The average Bonchev–Trinajstić information content (AvgIpc) is 2.41. The second-order valence-corrected chi connectivity index (χ2v) is 4.96. The van der Waals surface area contributed by atoms with Gasteiger partial charge in [0.15, 0.2) is 0 Å². The lowest BCUT2D eigenvalue weighted by Gasteiger charge is -2.35. The lowest BCUT2D eigenvalue weighted by molar-refractivity contribution is 0.00342.